The molecule has 0 N–H and O–H groups in total. The van der Waals surface area contributed by atoms with Crippen molar-refractivity contribution in [2.24, 2.45) is 0 Å². The fourth-order valence-corrected chi connectivity index (χ4v) is 9.00. The summed E-state index contributed by atoms with van der Waals surface area (Å²) >= 11 is 45.8. The average molecular weight is 907 g/mol. The van der Waals surface area contributed by atoms with Crippen LogP contribution in [0.25, 0.3) is 0 Å². The van der Waals surface area contributed by atoms with Crippen molar-refractivity contribution in [2.45, 2.75) is 14.7 Å². The van der Waals surface area contributed by atoms with Crippen molar-refractivity contribution in [1.82, 2.24) is 0 Å². The minimum atomic E-state index is 0.618. The number of rotatable bonds is 2. The maximum Gasteiger partial charge on any atom is 0.0432 e. The fraction of sp³-hybridized carbons (Fsp3) is 0. The first-order valence-electron chi connectivity index (χ1n) is 9.26. The zero-order valence-corrected chi connectivity index (χ0v) is 29.8. The van der Waals surface area contributed by atoms with E-state index in [0.717, 1.165) is 37.1 Å². The molecule has 4 rings (SSSR count). The zero-order valence-electron chi connectivity index (χ0n) is 17.2. The highest BCUT2D eigenvalue weighted by atomic mass is 79.9. The molecule has 35 heavy (non-hydrogen) atoms. The smallest absolute Gasteiger partial charge is 0.0432 e. The molecule has 0 amide bonds. The summed E-state index contributed by atoms with van der Waals surface area (Å²) in [5.74, 6) is 0. The van der Waals surface area contributed by atoms with Crippen LogP contribution in [0.3, 0.4) is 0 Å². The summed E-state index contributed by atoms with van der Waals surface area (Å²) in [6.07, 6.45) is 0. The zero-order chi connectivity index (χ0) is 26.1. The first kappa shape index (κ1) is 32.4. The topological polar surface area (TPSA) is 0 Å². The van der Waals surface area contributed by atoms with E-state index >= 15 is 0 Å². The van der Waals surface area contributed by atoms with E-state index in [1.165, 1.54) is 0 Å². The van der Waals surface area contributed by atoms with Crippen molar-refractivity contribution < 1.29 is 0 Å². The number of hydrogen-bond donors (Lipinski definition) is 1. The third-order valence-electron chi connectivity index (χ3n) is 3.58. The van der Waals surface area contributed by atoms with E-state index in [-0.39, 0.29) is 0 Å². The Morgan fingerprint density at radius 3 is 1.06 bits per heavy atom. The van der Waals surface area contributed by atoms with E-state index in [2.05, 4.69) is 92.3 Å². The van der Waals surface area contributed by atoms with Crippen LogP contribution in [0.5, 0.6) is 0 Å². The summed E-state index contributed by atoms with van der Waals surface area (Å²) in [4.78, 5) is 2.92. The molecule has 0 aliphatic heterocycles. The van der Waals surface area contributed by atoms with E-state index in [4.69, 9.17) is 46.4 Å². The minimum absolute atomic E-state index is 0.618. The van der Waals surface area contributed by atoms with E-state index in [0.29, 0.717) is 20.1 Å². The van der Waals surface area contributed by atoms with Gasteiger partial charge in [-0.2, -0.15) is 0 Å². The molecule has 4 aromatic carbocycles. The standard InChI is InChI=1S/C12H6Br2Cl2S.C6H3Br3.C6H4Cl2S/c13-7-1-8(14)3-11(2-7)17-12-5-9(15)4-10(16)6-12;2*7-4-1-5(8)3-6(9)2-4/h1-6H;1-3H;1-3,9H. The molecule has 0 aliphatic rings. The second-order valence-corrected chi connectivity index (χ2v) is 14.5. The van der Waals surface area contributed by atoms with Crippen molar-refractivity contribution in [3.8, 4) is 0 Å². The van der Waals surface area contributed by atoms with Crippen LogP contribution in [0, 0.1) is 0 Å². The lowest BCUT2D eigenvalue weighted by molar-refractivity contribution is 1.38. The molecule has 0 bridgehead atoms. The number of thiol groups is 1. The molecular formula is C24H13Br5Cl4S2. The Morgan fingerprint density at radius 1 is 0.429 bits per heavy atom. The van der Waals surface area contributed by atoms with Gasteiger partial charge < -0.3 is 0 Å². The maximum atomic E-state index is 5.96. The van der Waals surface area contributed by atoms with Crippen molar-refractivity contribution in [3.05, 3.63) is 115 Å². The van der Waals surface area contributed by atoms with E-state index in [1.54, 1.807) is 36.0 Å². The van der Waals surface area contributed by atoms with Crippen LogP contribution >= 0.6 is 150 Å². The molecule has 4 aromatic rings. The van der Waals surface area contributed by atoms with Gasteiger partial charge in [0.1, 0.15) is 0 Å². The SMILES string of the molecule is Brc1cc(Br)cc(Br)c1.Clc1cc(Cl)cc(Sc2cc(Br)cc(Br)c2)c1.Sc1cc(Cl)cc(Cl)c1. The van der Waals surface area contributed by atoms with Gasteiger partial charge in [0.2, 0.25) is 0 Å². The van der Waals surface area contributed by atoms with Crippen LogP contribution in [-0.4, -0.2) is 0 Å². The molecular weight excluding hydrogens is 894 g/mol. The molecule has 0 atom stereocenters. The molecule has 0 saturated heterocycles. The summed E-state index contributed by atoms with van der Waals surface area (Å²) in [7, 11) is 0. The molecule has 0 radical (unpaired) electrons. The molecule has 0 aliphatic carbocycles. The van der Waals surface area contributed by atoms with Gasteiger partial charge in [-0.3, -0.25) is 0 Å². The molecule has 0 saturated carbocycles. The Kier molecular flexibility index (Phi) is 15.1. The number of halogens is 9. The first-order valence-corrected chi connectivity index (χ1v) is 16.0. The summed E-state index contributed by atoms with van der Waals surface area (Å²) < 4.78 is 5.28. The molecule has 184 valence electrons. The van der Waals surface area contributed by atoms with Gasteiger partial charge in [0.25, 0.3) is 0 Å². The molecule has 0 spiro atoms. The summed E-state index contributed by atoms with van der Waals surface area (Å²) in [6, 6.07) is 22.7. The van der Waals surface area contributed by atoms with E-state index in [1.807, 2.05) is 48.5 Å². The first-order chi connectivity index (χ1) is 16.4. The lowest BCUT2D eigenvalue weighted by Gasteiger charge is -2.04. The van der Waals surface area contributed by atoms with Gasteiger partial charge >= 0.3 is 0 Å². The molecule has 11 heteroatoms. The van der Waals surface area contributed by atoms with Crippen LogP contribution in [0.1, 0.15) is 0 Å². The Morgan fingerprint density at radius 2 is 0.714 bits per heavy atom. The van der Waals surface area contributed by atoms with Crippen LogP contribution in [0.2, 0.25) is 20.1 Å². The Labute approximate surface area is 276 Å². The summed E-state index contributed by atoms with van der Waals surface area (Å²) in [5, 5.41) is 2.53. The van der Waals surface area contributed by atoms with Crippen LogP contribution in [0.15, 0.2) is 110 Å². The largest absolute Gasteiger partial charge is 0.143 e. The van der Waals surface area contributed by atoms with Crippen LogP contribution < -0.4 is 0 Å². The quantitative estimate of drug-likeness (QED) is 0.196. The third-order valence-corrected chi connectivity index (χ3v) is 7.95. The highest BCUT2D eigenvalue weighted by Gasteiger charge is 2.03. The minimum Gasteiger partial charge on any atom is -0.143 e. The Bertz CT molecular complexity index is 1060. The molecule has 0 nitrogen and oxygen atoms in total. The monoisotopic (exact) mass is 900 g/mol. The number of benzene rings is 4. The highest BCUT2D eigenvalue weighted by molar-refractivity contribution is 9.11. The van der Waals surface area contributed by atoms with Gasteiger partial charge in [-0.15, -0.1) is 12.6 Å². The fourth-order valence-electron chi connectivity index (χ4n) is 2.37. The van der Waals surface area contributed by atoms with Crippen LogP contribution in [-0.2, 0) is 0 Å². The van der Waals surface area contributed by atoms with Gasteiger partial charge in [0.15, 0.2) is 0 Å². The van der Waals surface area contributed by atoms with Gasteiger partial charge in [-0.25, -0.2) is 0 Å². The predicted molar refractivity (Wildman–Crippen MR) is 176 cm³/mol. The molecule has 0 unspecified atom stereocenters. The Hall–Kier alpha value is 1.14. The maximum absolute atomic E-state index is 5.96. The highest BCUT2D eigenvalue weighted by Crippen LogP contribution is 2.35. The van der Waals surface area contributed by atoms with Gasteiger partial charge in [0, 0.05) is 57.1 Å². The van der Waals surface area contributed by atoms with Crippen molar-refractivity contribution in [1.29, 1.82) is 0 Å². The predicted octanol–water partition coefficient (Wildman–Crippen LogP) is 13.9. The van der Waals surface area contributed by atoms with E-state index in [9.17, 15) is 0 Å². The van der Waals surface area contributed by atoms with Gasteiger partial charge in [0.05, 0.1) is 0 Å². The second-order valence-electron chi connectivity index (χ2n) is 6.53. The van der Waals surface area contributed by atoms with Crippen LogP contribution in [0.4, 0.5) is 0 Å². The van der Waals surface area contributed by atoms with Gasteiger partial charge in [-0.05, 0) is 72.8 Å². The normalized spacial score (nSPS) is 10.1. The Balaban J connectivity index is 0.000000203. The average Bonchev–Trinajstić information content (AvgIpc) is 2.65. The van der Waals surface area contributed by atoms with Crippen molar-refractivity contribution >= 4 is 150 Å². The molecule has 0 aromatic heterocycles. The second kappa shape index (κ2) is 16.3. The summed E-state index contributed by atoms with van der Waals surface area (Å²) in [6.45, 7) is 0. The van der Waals surface area contributed by atoms with Crippen molar-refractivity contribution in [3.63, 3.8) is 0 Å². The molecule has 0 heterocycles. The van der Waals surface area contributed by atoms with E-state index < -0.39 is 0 Å². The lowest BCUT2D eigenvalue weighted by atomic mass is 10.4. The summed E-state index contributed by atoms with van der Waals surface area (Å²) in [5.41, 5.74) is 0. The van der Waals surface area contributed by atoms with Gasteiger partial charge in [-0.1, -0.05) is 138 Å². The van der Waals surface area contributed by atoms with Crippen molar-refractivity contribution in [2.75, 3.05) is 0 Å². The molecule has 0 fully saturated rings. The third kappa shape index (κ3) is 13.7. The number of hydrogen-bond acceptors (Lipinski definition) is 2. The lowest BCUT2D eigenvalue weighted by Crippen LogP contribution is -1.76.